The lowest BCUT2D eigenvalue weighted by Crippen LogP contribution is -2.14. The minimum Gasteiger partial charge on any atom is -0.493 e. The van der Waals surface area contributed by atoms with Gasteiger partial charge in [0.15, 0.2) is 11.5 Å². The highest BCUT2D eigenvalue weighted by molar-refractivity contribution is 6.33. The van der Waals surface area contributed by atoms with Crippen LogP contribution >= 0.6 is 11.6 Å². The molecule has 0 aliphatic carbocycles. The second kappa shape index (κ2) is 8.97. The second-order valence-corrected chi connectivity index (χ2v) is 6.18. The van der Waals surface area contributed by atoms with Crippen LogP contribution < -0.4 is 20.1 Å². The molecule has 0 saturated carbocycles. The molecule has 0 atom stereocenters. The van der Waals surface area contributed by atoms with E-state index in [1.807, 2.05) is 26.0 Å². The second-order valence-electron chi connectivity index (χ2n) is 5.78. The number of methoxy groups -OCH3 is 2. The predicted octanol–water partition coefficient (Wildman–Crippen LogP) is 4.43. The zero-order valence-electron chi connectivity index (χ0n) is 15.5. The topological polar surface area (TPSA) is 83.4 Å². The Kier molecular flexibility index (Phi) is 6.69. The normalized spacial score (nSPS) is 10.7. The molecule has 0 fully saturated rings. The summed E-state index contributed by atoms with van der Waals surface area (Å²) in [5.74, 6) is 0.453. The number of ether oxygens (including phenoxy) is 2. The molecular formula is C20H20ClN3O3. The number of hydrogen-bond donors (Lipinski definition) is 2. The highest BCUT2D eigenvalue weighted by atomic mass is 35.5. The molecule has 0 heterocycles. The lowest BCUT2D eigenvalue weighted by atomic mass is 10.1. The summed E-state index contributed by atoms with van der Waals surface area (Å²) in [7, 11) is 3.03. The van der Waals surface area contributed by atoms with Crippen molar-refractivity contribution in [1.29, 1.82) is 5.26 Å². The number of benzene rings is 2. The number of nitrogens with one attached hydrogen (secondary N) is 2. The van der Waals surface area contributed by atoms with Crippen LogP contribution in [-0.4, -0.2) is 20.1 Å². The van der Waals surface area contributed by atoms with Crippen LogP contribution in [0, 0.1) is 25.2 Å². The van der Waals surface area contributed by atoms with E-state index in [4.69, 9.17) is 21.1 Å². The SMILES string of the molecule is COc1ccc(NC(=O)/C(C#N)=C\Nc2c(C)cc(C)cc2Cl)cc1OC. The summed E-state index contributed by atoms with van der Waals surface area (Å²) in [5, 5.41) is 15.4. The Morgan fingerprint density at radius 2 is 1.85 bits per heavy atom. The Labute approximate surface area is 163 Å². The van der Waals surface area contributed by atoms with Gasteiger partial charge in [-0.1, -0.05) is 17.7 Å². The van der Waals surface area contributed by atoms with Gasteiger partial charge in [0.2, 0.25) is 0 Å². The number of hydrogen-bond acceptors (Lipinski definition) is 5. The maximum absolute atomic E-state index is 12.4. The number of amides is 1. The van der Waals surface area contributed by atoms with Crippen molar-refractivity contribution >= 4 is 28.9 Å². The van der Waals surface area contributed by atoms with Gasteiger partial charge in [0.1, 0.15) is 11.6 Å². The van der Waals surface area contributed by atoms with E-state index in [2.05, 4.69) is 10.6 Å². The molecule has 0 aliphatic rings. The van der Waals surface area contributed by atoms with E-state index in [0.29, 0.717) is 27.9 Å². The first-order valence-corrected chi connectivity index (χ1v) is 8.44. The number of rotatable bonds is 6. The van der Waals surface area contributed by atoms with E-state index < -0.39 is 5.91 Å². The molecule has 140 valence electrons. The van der Waals surface area contributed by atoms with Crippen molar-refractivity contribution in [1.82, 2.24) is 0 Å². The Hall–Kier alpha value is -3.17. The van der Waals surface area contributed by atoms with Crippen LogP contribution in [0.2, 0.25) is 5.02 Å². The maximum Gasteiger partial charge on any atom is 0.267 e. The van der Waals surface area contributed by atoms with Crippen molar-refractivity contribution < 1.29 is 14.3 Å². The summed E-state index contributed by atoms with van der Waals surface area (Å²) in [4.78, 5) is 12.4. The zero-order valence-corrected chi connectivity index (χ0v) is 16.3. The van der Waals surface area contributed by atoms with Gasteiger partial charge in [0, 0.05) is 18.0 Å². The molecule has 2 rings (SSSR count). The van der Waals surface area contributed by atoms with Crippen molar-refractivity contribution in [3.8, 4) is 17.6 Å². The molecule has 0 aliphatic heterocycles. The van der Waals surface area contributed by atoms with Gasteiger partial charge >= 0.3 is 0 Å². The number of carbonyl (C=O) groups excluding carboxylic acids is 1. The molecule has 0 aromatic heterocycles. The van der Waals surface area contributed by atoms with Crippen LogP contribution in [0.25, 0.3) is 0 Å². The van der Waals surface area contributed by atoms with Crippen LogP contribution in [-0.2, 0) is 4.79 Å². The molecule has 0 unspecified atom stereocenters. The summed E-state index contributed by atoms with van der Waals surface area (Å²) in [6.07, 6.45) is 1.33. The fourth-order valence-corrected chi connectivity index (χ4v) is 2.88. The number of nitrogens with zero attached hydrogens (tertiary/aromatic N) is 1. The highest BCUT2D eigenvalue weighted by Gasteiger charge is 2.12. The smallest absolute Gasteiger partial charge is 0.267 e. The van der Waals surface area contributed by atoms with Crippen molar-refractivity contribution in [2.24, 2.45) is 0 Å². The van der Waals surface area contributed by atoms with Crippen molar-refractivity contribution in [2.45, 2.75) is 13.8 Å². The van der Waals surface area contributed by atoms with Crippen molar-refractivity contribution in [3.63, 3.8) is 0 Å². The molecule has 2 aromatic rings. The van der Waals surface area contributed by atoms with Crippen LogP contribution in [0.5, 0.6) is 11.5 Å². The summed E-state index contributed by atoms with van der Waals surface area (Å²) < 4.78 is 10.4. The van der Waals surface area contributed by atoms with Gasteiger partial charge in [-0.2, -0.15) is 5.26 Å². The third-order valence-electron chi connectivity index (χ3n) is 3.80. The van der Waals surface area contributed by atoms with Gasteiger partial charge in [0.05, 0.1) is 24.9 Å². The Bertz CT molecular complexity index is 910. The third kappa shape index (κ3) is 4.93. The average Bonchev–Trinajstić information content (AvgIpc) is 2.63. The van der Waals surface area contributed by atoms with E-state index in [1.54, 1.807) is 24.3 Å². The number of halogens is 1. The number of anilines is 2. The zero-order chi connectivity index (χ0) is 20.0. The largest absolute Gasteiger partial charge is 0.493 e. The van der Waals surface area contributed by atoms with Gasteiger partial charge in [0.25, 0.3) is 5.91 Å². The van der Waals surface area contributed by atoms with Crippen LogP contribution in [0.1, 0.15) is 11.1 Å². The van der Waals surface area contributed by atoms with Crippen LogP contribution in [0.15, 0.2) is 42.1 Å². The Morgan fingerprint density at radius 1 is 1.15 bits per heavy atom. The van der Waals surface area contributed by atoms with E-state index in [1.165, 1.54) is 20.4 Å². The predicted molar refractivity (Wildman–Crippen MR) is 106 cm³/mol. The summed E-state index contributed by atoms with van der Waals surface area (Å²) in [6, 6.07) is 10.6. The van der Waals surface area contributed by atoms with Gasteiger partial charge in [-0.3, -0.25) is 4.79 Å². The van der Waals surface area contributed by atoms with Gasteiger partial charge in [-0.25, -0.2) is 0 Å². The Morgan fingerprint density at radius 3 is 2.44 bits per heavy atom. The summed E-state index contributed by atoms with van der Waals surface area (Å²) >= 11 is 6.23. The first-order valence-electron chi connectivity index (χ1n) is 8.06. The van der Waals surface area contributed by atoms with Crippen molar-refractivity contribution in [3.05, 3.63) is 58.3 Å². The lowest BCUT2D eigenvalue weighted by Gasteiger charge is -2.11. The molecule has 2 aromatic carbocycles. The van der Waals surface area contributed by atoms with Gasteiger partial charge in [-0.15, -0.1) is 0 Å². The fraction of sp³-hybridized carbons (Fsp3) is 0.200. The Balaban J connectivity index is 2.19. The quantitative estimate of drug-likeness (QED) is 0.567. The first-order chi connectivity index (χ1) is 12.9. The first kappa shape index (κ1) is 20.1. The molecule has 27 heavy (non-hydrogen) atoms. The van der Waals surface area contributed by atoms with Crippen LogP contribution in [0.3, 0.4) is 0 Å². The molecule has 1 amide bonds. The molecule has 2 N–H and O–H groups in total. The standard InChI is InChI=1S/C20H20ClN3O3/c1-12-7-13(2)19(16(21)8-12)23-11-14(10-22)20(25)24-15-5-6-17(26-3)18(9-15)27-4/h5-9,11,23H,1-4H3,(H,24,25)/b14-11-. The minimum atomic E-state index is -0.557. The monoisotopic (exact) mass is 385 g/mol. The molecule has 7 heteroatoms. The molecule has 0 spiro atoms. The molecule has 0 bridgehead atoms. The third-order valence-corrected chi connectivity index (χ3v) is 4.10. The van der Waals surface area contributed by atoms with Gasteiger partial charge in [-0.05, 0) is 43.2 Å². The summed E-state index contributed by atoms with van der Waals surface area (Å²) in [6.45, 7) is 3.83. The molecular weight excluding hydrogens is 366 g/mol. The van der Waals surface area contributed by atoms with E-state index >= 15 is 0 Å². The van der Waals surface area contributed by atoms with Crippen molar-refractivity contribution in [2.75, 3.05) is 24.9 Å². The number of aryl methyl sites for hydroxylation is 2. The van der Waals surface area contributed by atoms with Gasteiger partial charge < -0.3 is 20.1 Å². The molecule has 6 nitrogen and oxygen atoms in total. The average molecular weight is 386 g/mol. The lowest BCUT2D eigenvalue weighted by molar-refractivity contribution is -0.112. The summed E-state index contributed by atoms with van der Waals surface area (Å²) in [5.41, 5.74) is 2.96. The van der Waals surface area contributed by atoms with Crippen LogP contribution in [0.4, 0.5) is 11.4 Å². The van der Waals surface area contributed by atoms with E-state index in [-0.39, 0.29) is 5.57 Å². The molecule has 0 radical (unpaired) electrons. The maximum atomic E-state index is 12.4. The highest BCUT2D eigenvalue weighted by Crippen LogP contribution is 2.30. The van der Waals surface area contributed by atoms with E-state index in [9.17, 15) is 10.1 Å². The number of nitriles is 1. The minimum absolute atomic E-state index is 0.0965. The van der Waals surface area contributed by atoms with E-state index in [0.717, 1.165) is 11.1 Å². The molecule has 0 saturated heterocycles. The number of carbonyl (C=O) groups is 1. The fourth-order valence-electron chi connectivity index (χ4n) is 2.50.